The Morgan fingerprint density at radius 3 is 2.48 bits per heavy atom. The lowest BCUT2D eigenvalue weighted by molar-refractivity contribution is 0.120. The lowest BCUT2D eigenvalue weighted by atomic mass is 9.91. The molecule has 33 heavy (non-hydrogen) atoms. The Labute approximate surface area is 192 Å². The van der Waals surface area contributed by atoms with Gasteiger partial charge >= 0.3 is 6.03 Å². The van der Waals surface area contributed by atoms with Crippen LogP contribution in [-0.2, 0) is 16.4 Å². The number of urea groups is 1. The van der Waals surface area contributed by atoms with Crippen molar-refractivity contribution >= 4 is 16.1 Å². The average Bonchev–Trinajstić information content (AvgIpc) is 3.43. The van der Waals surface area contributed by atoms with Gasteiger partial charge in [0.1, 0.15) is 11.6 Å². The van der Waals surface area contributed by atoms with Crippen LogP contribution in [0.5, 0.6) is 0 Å². The van der Waals surface area contributed by atoms with E-state index in [-0.39, 0.29) is 23.4 Å². The quantitative estimate of drug-likeness (QED) is 0.721. The second-order valence-electron chi connectivity index (χ2n) is 9.54. The Bertz CT molecular complexity index is 1200. The molecular formula is C24H27F2N3O3S. The zero-order valence-corrected chi connectivity index (χ0v) is 19.2. The van der Waals surface area contributed by atoms with E-state index < -0.39 is 33.7 Å². The summed E-state index contributed by atoms with van der Waals surface area (Å²) in [7, 11) is -3.53. The Morgan fingerprint density at radius 1 is 1.15 bits per heavy atom. The topological polar surface area (TPSA) is 69.7 Å². The van der Waals surface area contributed by atoms with Crippen LogP contribution < -0.4 is 4.72 Å². The summed E-state index contributed by atoms with van der Waals surface area (Å²) in [5.41, 5.74) is 0.782. The van der Waals surface area contributed by atoms with E-state index in [4.69, 9.17) is 0 Å². The van der Waals surface area contributed by atoms with Crippen molar-refractivity contribution in [3.05, 3.63) is 59.7 Å². The fourth-order valence-corrected chi connectivity index (χ4v) is 6.04. The number of nitrogens with zero attached hydrogens (tertiary/aromatic N) is 2. The zero-order valence-electron chi connectivity index (χ0n) is 18.4. The first kappa shape index (κ1) is 22.3. The third kappa shape index (κ3) is 4.24. The van der Waals surface area contributed by atoms with Gasteiger partial charge in [-0.25, -0.2) is 26.7 Å². The lowest BCUT2D eigenvalue weighted by Gasteiger charge is -2.37. The summed E-state index contributed by atoms with van der Waals surface area (Å²) < 4.78 is 56.5. The first-order chi connectivity index (χ1) is 15.7. The molecule has 2 aromatic rings. The van der Waals surface area contributed by atoms with Gasteiger partial charge in [0.25, 0.3) is 0 Å². The minimum atomic E-state index is -3.53. The molecule has 2 heterocycles. The summed E-state index contributed by atoms with van der Waals surface area (Å²) in [6, 6.07) is 9.63. The van der Waals surface area contributed by atoms with Crippen molar-refractivity contribution in [3.8, 4) is 11.1 Å². The maximum absolute atomic E-state index is 15.6. The summed E-state index contributed by atoms with van der Waals surface area (Å²) in [5, 5.41) is 0. The van der Waals surface area contributed by atoms with Gasteiger partial charge in [-0.3, -0.25) is 0 Å². The van der Waals surface area contributed by atoms with E-state index in [1.54, 1.807) is 34.1 Å². The molecule has 3 aliphatic rings. The van der Waals surface area contributed by atoms with Crippen LogP contribution in [0.1, 0.15) is 24.8 Å². The predicted molar refractivity (Wildman–Crippen MR) is 121 cm³/mol. The highest BCUT2D eigenvalue weighted by Gasteiger charge is 2.61. The van der Waals surface area contributed by atoms with E-state index >= 15 is 4.39 Å². The molecule has 9 heteroatoms. The molecule has 0 unspecified atom stereocenters. The van der Waals surface area contributed by atoms with Gasteiger partial charge in [0.2, 0.25) is 10.0 Å². The van der Waals surface area contributed by atoms with Crippen LogP contribution in [0, 0.1) is 17.0 Å². The molecule has 2 aromatic carbocycles. The number of carbonyl (C=O) groups is 1. The summed E-state index contributed by atoms with van der Waals surface area (Å²) >= 11 is 0. The predicted octanol–water partition coefficient (Wildman–Crippen LogP) is 3.38. The van der Waals surface area contributed by atoms with E-state index in [1.165, 1.54) is 18.2 Å². The highest BCUT2D eigenvalue weighted by molar-refractivity contribution is 7.88. The Hall–Kier alpha value is -2.52. The second kappa shape index (κ2) is 8.06. The molecule has 1 spiro atoms. The number of benzene rings is 2. The van der Waals surface area contributed by atoms with Crippen molar-refractivity contribution in [1.29, 1.82) is 0 Å². The highest BCUT2D eigenvalue weighted by Crippen LogP contribution is 2.55. The first-order valence-electron chi connectivity index (χ1n) is 11.2. The van der Waals surface area contributed by atoms with Gasteiger partial charge < -0.3 is 9.80 Å². The molecule has 0 bridgehead atoms. The Morgan fingerprint density at radius 2 is 1.88 bits per heavy atom. The number of sulfonamides is 1. The molecular weight excluding hydrogens is 448 g/mol. The van der Waals surface area contributed by atoms with Crippen molar-refractivity contribution < 1.29 is 22.0 Å². The monoisotopic (exact) mass is 475 g/mol. The van der Waals surface area contributed by atoms with Gasteiger partial charge in [0, 0.05) is 36.7 Å². The average molecular weight is 476 g/mol. The SMILES string of the molecule is CS(=O)(=O)N[C@@H]1[C@H](Cc2cccc(-c3cccc(F)c3)c2F)N(C(=O)N2CCC2)CC12CC2. The number of rotatable bonds is 5. The maximum Gasteiger partial charge on any atom is 0.320 e. The van der Waals surface area contributed by atoms with Gasteiger partial charge in [-0.1, -0.05) is 30.3 Å². The van der Waals surface area contributed by atoms with Crippen molar-refractivity contribution in [2.45, 2.75) is 37.8 Å². The van der Waals surface area contributed by atoms with Crippen LogP contribution in [0.2, 0.25) is 0 Å². The van der Waals surface area contributed by atoms with Crippen LogP contribution >= 0.6 is 0 Å². The number of amides is 2. The molecule has 0 aromatic heterocycles. The third-order valence-corrected chi connectivity index (χ3v) is 7.86. The molecule has 0 radical (unpaired) electrons. The van der Waals surface area contributed by atoms with Crippen LogP contribution in [0.3, 0.4) is 0 Å². The van der Waals surface area contributed by atoms with Crippen LogP contribution in [0.4, 0.5) is 13.6 Å². The summed E-state index contributed by atoms with van der Waals surface area (Å²) in [4.78, 5) is 16.7. The van der Waals surface area contributed by atoms with Gasteiger partial charge in [0.15, 0.2) is 0 Å². The largest absolute Gasteiger partial charge is 0.325 e. The maximum atomic E-state index is 15.6. The molecule has 1 aliphatic carbocycles. The molecule has 2 aliphatic heterocycles. The van der Waals surface area contributed by atoms with E-state index in [0.717, 1.165) is 25.5 Å². The van der Waals surface area contributed by atoms with E-state index in [1.807, 2.05) is 0 Å². The first-order valence-corrected chi connectivity index (χ1v) is 13.1. The van der Waals surface area contributed by atoms with Crippen molar-refractivity contribution in [2.75, 3.05) is 25.9 Å². The fraction of sp³-hybridized carbons (Fsp3) is 0.458. The Kier molecular flexibility index (Phi) is 5.44. The standard InChI is InChI=1S/C24H27F2N3O3S/c1-33(31,32)27-22-20(29(15-24(22)9-10-24)23(30)28-11-4-12-28)14-17-6-3-8-19(21(17)26)16-5-2-7-18(25)13-16/h2-3,5-8,13,20,22,27H,4,9-12,14-15H2,1H3/t20-,22+/m0/s1. The van der Waals surface area contributed by atoms with Crippen molar-refractivity contribution in [1.82, 2.24) is 14.5 Å². The Balaban J connectivity index is 1.51. The molecule has 2 saturated heterocycles. The molecule has 2 atom stereocenters. The summed E-state index contributed by atoms with van der Waals surface area (Å²) in [6.45, 7) is 1.83. The van der Waals surface area contributed by atoms with Crippen LogP contribution in [0.15, 0.2) is 42.5 Å². The molecule has 176 valence electrons. The van der Waals surface area contributed by atoms with Gasteiger partial charge in [-0.2, -0.15) is 0 Å². The van der Waals surface area contributed by atoms with Crippen LogP contribution in [0.25, 0.3) is 11.1 Å². The molecule has 1 saturated carbocycles. The van der Waals surface area contributed by atoms with Crippen molar-refractivity contribution in [2.24, 2.45) is 5.41 Å². The van der Waals surface area contributed by atoms with E-state index in [0.29, 0.717) is 30.8 Å². The van der Waals surface area contributed by atoms with E-state index in [9.17, 15) is 17.6 Å². The number of halogens is 2. The number of hydrogen-bond acceptors (Lipinski definition) is 3. The summed E-state index contributed by atoms with van der Waals surface area (Å²) in [5.74, 6) is -0.929. The number of hydrogen-bond donors (Lipinski definition) is 1. The molecule has 2 amide bonds. The number of carbonyl (C=O) groups excluding carboxylic acids is 1. The number of nitrogens with one attached hydrogen (secondary N) is 1. The van der Waals surface area contributed by atoms with Crippen molar-refractivity contribution in [3.63, 3.8) is 0 Å². The van der Waals surface area contributed by atoms with Gasteiger partial charge in [0.05, 0.1) is 12.3 Å². The van der Waals surface area contributed by atoms with E-state index in [2.05, 4.69) is 4.72 Å². The molecule has 3 fully saturated rings. The third-order valence-electron chi connectivity index (χ3n) is 7.18. The van der Waals surface area contributed by atoms with Gasteiger partial charge in [-0.15, -0.1) is 0 Å². The smallest absolute Gasteiger partial charge is 0.320 e. The fourth-order valence-electron chi connectivity index (χ4n) is 5.18. The minimum absolute atomic E-state index is 0.114. The molecule has 5 rings (SSSR count). The van der Waals surface area contributed by atoms with Gasteiger partial charge in [-0.05, 0) is 48.9 Å². The molecule has 1 N–H and O–H groups in total. The molecule has 6 nitrogen and oxygen atoms in total. The minimum Gasteiger partial charge on any atom is -0.325 e. The van der Waals surface area contributed by atoms with Crippen LogP contribution in [-0.4, -0.2) is 62.2 Å². The summed E-state index contributed by atoms with van der Waals surface area (Å²) in [6.07, 6.45) is 3.89. The normalized spacial score (nSPS) is 23.6. The highest BCUT2D eigenvalue weighted by atomic mass is 32.2. The second-order valence-corrected chi connectivity index (χ2v) is 11.3. The lowest BCUT2D eigenvalue weighted by Crippen LogP contribution is -2.54. The zero-order chi connectivity index (χ0) is 23.4. The number of likely N-dealkylation sites (tertiary alicyclic amines) is 2.